The van der Waals surface area contributed by atoms with Crippen LogP contribution >= 0.6 is 0 Å². The molecule has 0 bridgehead atoms. The van der Waals surface area contributed by atoms with Gasteiger partial charge in [0.15, 0.2) is 0 Å². The van der Waals surface area contributed by atoms with E-state index >= 15 is 0 Å². The van der Waals surface area contributed by atoms with Crippen molar-refractivity contribution >= 4 is 11.9 Å². The van der Waals surface area contributed by atoms with Gasteiger partial charge in [-0.1, -0.05) is 0 Å². The zero-order chi connectivity index (χ0) is 14.7. The zero-order valence-corrected chi connectivity index (χ0v) is 12.8. The van der Waals surface area contributed by atoms with Crippen molar-refractivity contribution in [1.29, 1.82) is 0 Å². The number of amides is 3. The van der Waals surface area contributed by atoms with Crippen LogP contribution in [0.3, 0.4) is 0 Å². The van der Waals surface area contributed by atoms with Gasteiger partial charge in [-0.3, -0.25) is 4.79 Å². The Bertz CT molecular complexity index is 364. The zero-order valence-electron chi connectivity index (χ0n) is 12.8. The summed E-state index contributed by atoms with van der Waals surface area (Å²) < 4.78 is 0. The molecule has 2 heterocycles. The highest BCUT2D eigenvalue weighted by molar-refractivity contribution is 5.80. The largest absolute Gasteiger partial charge is 0.337 e. The van der Waals surface area contributed by atoms with Crippen molar-refractivity contribution in [3.05, 3.63) is 0 Å². The van der Waals surface area contributed by atoms with Crippen LogP contribution in [0.2, 0.25) is 0 Å². The molecule has 1 N–H and O–H groups in total. The molecule has 2 aliphatic heterocycles. The van der Waals surface area contributed by atoms with E-state index in [2.05, 4.69) is 12.2 Å². The van der Waals surface area contributed by atoms with Crippen molar-refractivity contribution < 1.29 is 9.59 Å². The first-order chi connectivity index (χ1) is 9.50. The lowest BCUT2D eigenvalue weighted by Gasteiger charge is -2.39. The Hall–Kier alpha value is -1.30. The molecule has 0 aromatic heterocycles. The van der Waals surface area contributed by atoms with Crippen LogP contribution in [0.5, 0.6) is 0 Å². The van der Waals surface area contributed by atoms with Gasteiger partial charge >= 0.3 is 6.03 Å². The summed E-state index contributed by atoms with van der Waals surface area (Å²) in [5, 5.41) is 3.30. The van der Waals surface area contributed by atoms with Crippen LogP contribution in [0.1, 0.15) is 19.8 Å². The van der Waals surface area contributed by atoms with Crippen LogP contribution < -0.4 is 5.32 Å². The number of rotatable bonds is 1. The summed E-state index contributed by atoms with van der Waals surface area (Å²) in [5.74, 6) is 0.359. The molecule has 3 amide bonds. The van der Waals surface area contributed by atoms with Crippen LogP contribution in [0.15, 0.2) is 0 Å². The average molecular weight is 282 g/mol. The lowest BCUT2D eigenvalue weighted by molar-refractivity contribution is -0.139. The highest BCUT2D eigenvalue weighted by Gasteiger charge is 2.33. The number of likely N-dealkylation sites (tertiary alicyclic amines) is 1. The fourth-order valence-electron chi connectivity index (χ4n) is 3.00. The number of carbonyl (C=O) groups is 2. The van der Waals surface area contributed by atoms with E-state index in [4.69, 9.17) is 0 Å². The minimum absolute atomic E-state index is 0.0476. The number of piperazine rings is 1. The van der Waals surface area contributed by atoms with E-state index in [0.29, 0.717) is 13.1 Å². The van der Waals surface area contributed by atoms with Crippen LogP contribution in [-0.2, 0) is 4.79 Å². The molecule has 20 heavy (non-hydrogen) atoms. The predicted molar refractivity (Wildman–Crippen MR) is 77.4 cm³/mol. The lowest BCUT2D eigenvalue weighted by atomic mass is 9.94. The van der Waals surface area contributed by atoms with E-state index in [1.165, 1.54) is 0 Å². The molecule has 0 saturated carbocycles. The minimum atomic E-state index is 0.0476. The third-order valence-corrected chi connectivity index (χ3v) is 4.28. The van der Waals surface area contributed by atoms with Crippen LogP contribution in [0.4, 0.5) is 4.79 Å². The van der Waals surface area contributed by atoms with E-state index in [-0.39, 0.29) is 23.9 Å². The summed E-state index contributed by atoms with van der Waals surface area (Å²) in [6, 6.07) is 0.323. The molecule has 1 atom stereocenters. The molecule has 0 radical (unpaired) electrons. The first-order valence-electron chi connectivity index (χ1n) is 7.48. The van der Waals surface area contributed by atoms with Crippen molar-refractivity contribution in [2.24, 2.45) is 5.92 Å². The molecule has 0 spiro atoms. The van der Waals surface area contributed by atoms with Crippen molar-refractivity contribution in [3.8, 4) is 0 Å². The molecule has 0 aliphatic carbocycles. The van der Waals surface area contributed by atoms with Crippen molar-refractivity contribution in [1.82, 2.24) is 20.0 Å². The second-order valence-corrected chi connectivity index (χ2v) is 6.02. The van der Waals surface area contributed by atoms with Gasteiger partial charge in [-0.15, -0.1) is 0 Å². The Labute approximate surface area is 121 Å². The molecule has 114 valence electrons. The Balaban J connectivity index is 1.87. The number of nitrogens with one attached hydrogen (secondary N) is 1. The fourth-order valence-corrected chi connectivity index (χ4v) is 3.00. The summed E-state index contributed by atoms with van der Waals surface area (Å²) in [4.78, 5) is 29.9. The average Bonchev–Trinajstić information content (AvgIpc) is 2.46. The van der Waals surface area contributed by atoms with Crippen molar-refractivity contribution in [2.75, 3.05) is 46.8 Å². The SMILES string of the molecule is CC1CNCCN1C(=O)C1CCN(C(=O)N(C)C)CC1. The van der Waals surface area contributed by atoms with Gasteiger partial charge in [0, 0.05) is 58.8 Å². The maximum Gasteiger partial charge on any atom is 0.319 e. The van der Waals surface area contributed by atoms with Gasteiger partial charge in [0.25, 0.3) is 0 Å². The summed E-state index contributed by atoms with van der Waals surface area (Å²) >= 11 is 0. The van der Waals surface area contributed by atoms with E-state index in [9.17, 15) is 9.59 Å². The van der Waals surface area contributed by atoms with E-state index in [1.54, 1.807) is 19.0 Å². The van der Waals surface area contributed by atoms with Crippen LogP contribution in [0.25, 0.3) is 0 Å². The number of urea groups is 1. The Kier molecular flexibility index (Phi) is 4.86. The molecule has 6 nitrogen and oxygen atoms in total. The lowest BCUT2D eigenvalue weighted by Crippen LogP contribution is -2.55. The molecular weight excluding hydrogens is 256 g/mol. The summed E-state index contributed by atoms with van der Waals surface area (Å²) in [7, 11) is 3.53. The normalized spacial score (nSPS) is 24.6. The summed E-state index contributed by atoms with van der Waals surface area (Å²) in [5.41, 5.74) is 0. The van der Waals surface area contributed by atoms with Gasteiger partial charge < -0.3 is 20.0 Å². The molecular formula is C14H26N4O2. The van der Waals surface area contributed by atoms with Gasteiger partial charge in [0.2, 0.25) is 5.91 Å². The van der Waals surface area contributed by atoms with Crippen LogP contribution in [-0.4, -0.2) is 79.5 Å². The van der Waals surface area contributed by atoms with E-state index < -0.39 is 0 Å². The number of piperidine rings is 1. The highest BCUT2D eigenvalue weighted by Crippen LogP contribution is 2.21. The number of hydrogen-bond donors (Lipinski definition) is 1. The Morgan fingerprint density at radius 2 is 1.80 bits per heavy atom. The quantitative estimate of drug-likeness (QED) is 0.747. The number of carbonyl (C=O) groups excluding carboxylic acids is 2. The highest BCUT2D eigenvalue weighted by atomic mass is 16.2. The fraction of sp³-hybridized carbons (Fsp3) is 0.857. The topological polar surface area (TPSA) is 55.9 Å². The second kappa shape index (κ2) is 6.43. The van der Waals surface area contributed by atoms with E-state index in [0.717, 1.165) is 32.5 Å². The maximum atomic E-state index is 12.6. The van der Waals surface area contributed by atoms with E-state index in [1.807, 2.05) is 9.80 Å². The second-order valence-electron chi connectivity index (χ2n) is 6.02. The Morgan fingerprint density at radius 3 is 2.35 bits per heavy atom. The maximum absolute atomic E-state index is 12.6. The van der Waals surface area contributed by atoms with Gasteiger partial charge in [0.1, 0.15) is 0 Å². The molecule has 2 fully saturated rings. The van der Waals surface area contributed by atoms with Gasteiger partial charge in [-0.2, -0.15) is 0 Å². The first-order valence-corrected chi connectivity index (χ1v) is 7.48. The van der Waals surface area contributed by atoms with Crippen molar-refractivity contribution in [2.45, 2.75) is 25.8 Å². The van der Waals surface area contributed by atoms with Gasteiger partial charge in [0.05, 0.1) is 0 Å². The number of nitrogens with zero attached hydrogens (tertiary/aromatic N) is 3. The standard InChI is InChI=1S/C14H26N4O2/c1-11-10-15-6-9-18(11)13(19)12-4-7-17(8-5-12)14(20)16(2)3/h11-12,15H,4-10H2,1-3H3. The smallest absolute Gasteiger partial charge is 0.319 e. The molecule has 2 aliphatic rings. The predicted octanol–water partition coefficient (Wildman–Crippen LogP) is 0.200. The summed E-state index contributed by atoms with van der Waals surface area (Å²) in [6.45, 7) is 6.03. The monoisotopic (exact) mass is 282 g/mol. The van der Waals surface area contributed by atoms with Gasteiger partial charge in [-0.25, -0.2) is 4.79 Å². The Morgan fingerprint density at radius 1 is 1.15 bits per heavy atom. The molecule has 2 saturated heterocycles. The third-order valence-electron chi connectivity index (χ3n) is 4.28. The van der Waals surface area contributed by atoms with Crippen molar-refractivity contribution in [3.63, 3.8) is 0 Å². The van der Waals surface area contributed by atoms with Crippen LogP contribution in [0, 0.1) is 5.92 Å². The molecule has 1 unspecified atom stereocenters. The first kappa shape index (κ1) is 15.1. The molecule has 2 rings (SSSR count). The number of hydrogen-bond acceptors (Lipinski definition) is 3. The molecule has 6 heteroatoms. The summed E-state index contributed by atoms with van der Waals surface area (Å²) in [6.07, 6.45) is 1.57. The van der Waals surface area contributed by atoms with Gasteiger partial charge in [-0.05, 0) is 19.8 Å². The molecule has 0 aromatic rings. The minimum Gasteiger partial charge on any atom is -0.337 e. The molecule has 0 aromatic carbocycles. The third kappa shape index (κ3) is 3.23.